The summed E-state index contributed by atoms with van der Waals surface area (Å²) in [6.07, 6.45) is -5.19. The number of carboxylic acids is 1. The number of aromatic nitrogens is 3. The number of hydrogen-bond acceptors (Lipinski definition) is 5. The van der Waals surface area contributed by atoms with Gasteiger partial charge in [0.1, 0.15) is 0 Å². The first-order valence-electron chi connectivity index (χ1n) is 7.95. The van der Waals surface area contributed by atoms with Crippen LogP contribution in [-0.2, 0) is 17.4 Å². The van der Waals surface area contributed by atoms with Gasteiger partial charge >= 0.3 is 12.1 Å². The van der Waals surface area contributed by atoms with Crippen LogP contribution in [0.2, 0.25) is 0 Å². The molecule has 0 aliphatic carbocycles. The number of fused-ring (bicyclic) bond motifs is 2. The van der Waals surface area contributed by atoms with Crippen LogP contribution in [0.1, 0.15) is 11.3 Å². The Morgan fingerprint density at radius 3 is 2.57 bits per heavy atom. The SMILES string of the molecule is O=C(O)Cc1nn(-c2nc3ccccc3s2)c(=O)c2cc(C(F)(F)F)ccc12. The van der Waals surface area contributed by atoms with E-state index in [1.54, 1.807) is 24.3 Å². The van der Waals surface area contributed by atoms with Gasteiger partial charge in [-0.1, -0.05) is 29.5 Å². The third kappa shape index (κ3) is 3.11. The van der Waals surface area contributed by atoms with Crippen LogP contribution in [0, 0.1) is 0 Å². The number of halogens is 3. The van der Waals surface area contributed by atoms with E-state index in [2.05, 4.69) is 10.1 Å². The summed E-state index contributed by atoms with van der Waals surface area (Å²) in [5.41, 5.74) is -1.22. The van der Waals surface area contributed by atoms with Gasteiger partial charge in [-0.3, -0.25) is 9.59 Å². The second-order valence-corrected chi connectivity index (χ2v) is 6.97. The lowest BCUT2D eigenvalue weighted by molar-refractivity contribution is -0.138. The molecule has 0 spiro atoms. The lowest BCUT2D eigenvalue weighted by atomic mass is 10.1. The van der Waals surface area contributed by atoms with E-state index in [-0.39, 0.29) is 21.6 Å². The number of thiazole rings is 1. The molecule has 10 heteroatoms. The molecular weight excluding hydrogens is 395 g/mol. The zero-order chi connectivity index (χ0) is 20.1. The van der Waals surface area contributed by atoms with Crippen molar-refractivity contribution in [3.05, 3.63) is 64.1 Å². The summed E-state index contributed by atoms with van der Waals surface area (Å²) >= 11 is 1.13. The van der Waals surface area contributed by atoms with Gasteiger partial charge in [0.2, 0.25) is 5.13 Å². The van der Waals surface area contributed by atoms with Crippen LogP contribution in [0.15, 0.2) is 47.3 Å². The molecule has 0 unspecified atom stereocenters. The minimum atomic E-state index is -4.64. The largest absolute Gasteiger partial charge is 0.481 e. The highest BCUT2D eigenvalue weighted by molar-refractivity contribution is 7.20. The number of alkyl halides is 3. The van der Waals surface area contributed by atoms with Crippen molar-refractivity contribution in [2.24, 2.45) is 0 Å². The Morgan fingerprint density at radius 2 is 1.89 bits per heavy atom. The predicted octanol–water partition coefficient (Wildman–Crippen LogP) is 3.64. The second-order valence-electron chi connectivity index (χ2n) is 5.96. The van der Waals surface area contributed by atoms with Crippen molar-refractivity contribution in [1.82, 2.24) is 14.8 Å². The van der Waals surface area contributed by atoms with Crippen molar-refractivity contribution < 1.29 is 23.1 Å². The van der Waals surface area contributed by atoms with Gasteiger partial charge in [0.05, 0.1) is 33.3 Å². The van der Waals surface area contributed by atoms with E-state index >= 15 is 0 Å². The first-order chi connectivity index (χ1) is 13.2. The molecule has 2 heterocycles. The fourth-order valence-corrected chi connectivity index (χ4v) is 3.75. The third-order valence-electron chi connectivity index (χ3n) is 4.08. The quantitative estimate of drug-likeness (QED) is 0.563. The Hall–Kier alpha value is -3.27. The number of carbonyl (C=O) groups is 1. The third-order valence-corrected chi connectivity index (χ3v) is 5.10. The van der Waals surface area contributed by atoms with Crippen molar-refractivity contribution in [1.29, 1.82) is 0 Å². The summed E-state index contributed by atoms with van der Waals surface area (Å²) in [4.78, 5) is 28.4. The lowest BCUT2D eigenvalue weighted by Gasteiger charge is -2.11. The van der Waals surface area contributed by atoms with Crippen LogP contribution in [0.4, 0.5) is 13.2 Å². The molecule has 0 saturated carbocycles. The van der Waals surface area contributed by atoms with E-state index in [9.17, 15) is 22.8 Å². The molecule has 0 amide bonds. The smallest absolute Gasteiger partial charge is 0.416 e. The average Bonchev–Trinajstić information content (AvgIpc) is 3.06. The molecule has 28 heavy (non-hydrogen) atoms. The predicted molar refractivity (Wildman–Crippen MR) is 96.9 cm³/mol. The molecule has 6 nitrogen and oxygen atoms in total. The summed E-state index contributed by atoms with van der Waals surface area (Å²) < 4.78 is 40.9. The van der Waals surface area contributed by atoms with E-state index in [1.165, 1.54) is 0 Å². The van der Waals surface area contributed by atoms with Crippen LogP contribution in [0.3, 0.4) is 0 Å². The normalized spacial score (nSPS) is 12.0. The van der Waals surface area contributed by atoms with Gasteiger partial charge in [0.25, 0.3) is 5.56 Å². The maximum atomic E-state index is 13.1. The maximum Gasteiger partial charge on any atom is 0.416 e. The topological polar surface area (TPSA) is 85.1 Å². The number of hydrogen-bond donors (Lipinski definition) is 1. The standard InChI is InChI=1S/C18H10F3N3O3S/c19-18(20,21)9-5-6-10-11(7-9)16(27)24(23-13(10)8-15(25)26)17-22-12-3-1-2-4-14(12)28-17/h1-7H,8H2,(H,25,26). The molecule has 0 aliphatic heterocycles. The molecule has 4 rings (SSSR count). The highest BCUT2D eigenvalue weighted by atomic mass is 32.1. The summed E-state index contributed by atoms with van der Waals surface area (Å²) in [7, 11) is 0. The lowest BCUT2D eigenvalue weighted by Crippen LogP contribution is -2.24. The molecule has 142 valence electrons. The molecule has 0 radical (unpaired) electrons. The van der Waals surface area contributed by atoms with Crippen molar-refractivity contribution >= 4 is 38.3 Å². The number of carboxylic acid groups (broad SMARTS) is 1. The zero-order valence-electron chi connectivity index (χ0n) is 13.9. The first kappa shape index (κ1) is 18.1. The molecule has 1 N–H and O–H groups in total. The van der Waals surface area contributed by atoms with E-state index in [0.717, 1.165) is 32.9 Å². The fraction of sp³-hybridized carbons (Fsp3) is 0.111. The van der Waals surface area contributed by atoms with Crippen molar-refractivity contribution in [2.75, 3.05) is 0 Å². The zero-order valence-corrected chi connectivity index (χ0v) is 14.7. The highest BCUT2D eigenvalue weighted by Crippen LogP contribution is 2.31. The van der Waals surface area contributed by atoms with Crippen molar-refractivity contribution in [3.8, 4) is 5.13 Å². The Kier molecular flexibility index (Phi) is 4.15. The van der Waals surface area contributed by atoms with Gasteiger partial charge in [-0.25, -0.2) is 4.98 Å². The average molecular weight is 405 g/mol. The monoisotopic (exact) mass is 405 g/mol. The fourth-order valence-electron chi connectivity index (χ4n) is 2.84. The van der Waals surface area contributed by atoms with Crippen LogP contribution in [0.5, 0.6) is 0 Å². The number of rotatable bonds is 3. The summed E-state index contributed by atoms with van der Waals surface area (Å²) in [5, 5.41) is 13.2. The van der Waals surface area contributed by atoms with E-state index in [0.29, 0.717) is 11.6 Å². The van der Waals surface area contributed by atoms with Crippen LogP contribution < -0.4 is 5.56 Å². The molecule has 0 aliphatic rings. The molecule has 4 aromatic rings. The van der Waals surface area contributed by atoms with E-state index in [4.69, 9.17) is 5.11 Å². The number of nitrogens with zero attached hydrogens (tertiary/aromatic N) is 3. The van der Waals surface area contributed by atoms with Gasteiger partial charge in [0.15, 0.2) is 0 Å². The summed E-state index contributed by atoms with van der Waals surface area (Å²) in [6.45, 7) is 0. The number of benzene rings is 2. The molecule has 0 fully saturated rings. The number of aliphatic carboxylic acids is 1. The van der Waals surface area contributed by atoms with Gasteiger partial charge < -0.3 is 5.11 Å². The van der Waals surface area contributed by atoms with Gasteiger partial charge in [-0.2, -0.15) is 23.0 Å². The highest BCUT2D eigenvalue weighted by Gasteiger charge is 2.31. The van der Waals surface area contributed by atoms with Crippen molar-refractivity contribution in [2.45, 2.75) is 12.6 Å². The van der Waals surface area contributed by atoms with Crippen LogP contribution in [-0.4, -0.2) is 25.8 Å². The van der Waals surface area contributed by atoms with E-state index < -0.39 is 29.7 Å². The van der Waals surface area contributed by atoms with Crippen LogP contribution in [0.25, 0.3) is 26.1 Å². The van der Waals surface area contributed by atoms with E-state index in [1.807, 2.05) is 0 Å². The van der Waals surface area contributed by atoms with Crippen LogP contribution >= 0.6 is 11.3 Å². The van der Waals surface area contributed by atoms with Gasteiger partial charge in [-0.15, -0.1) is 0 Å². The van der Waals surface area contributed by atoms with Crippen molar-refractivity contribution in [3.63, 3.8) is 0 Å². The minimum absolute atomic E-state index is 0.0184. The minimum Gasteiger partial charge on any atom is -0.481 e. The Morgan fingerprint density at radius 1 is 1.14 bits per heavy atom. The summed E-state index contributed by atoms with van der Waals surface area (Å²) in [6, 6.07) is 9.64. The molecule has 2 aromatic heterocycles. The molecule has 0 bridgehead atoms. The van der Waals surface area contributed by atoms with Gasteiger partial charge in [-0.05, 0) is 24.3 Å². The molecule has 0 atom stereocenters. The van der Waals surface area contributed by atoms with Gasteiger partial charge in [0, 0.05) is 5.39 Å². The maximum absolute atomic E-state index is 13.1. The number of para-hydroxylation sites is 1. The molecule has 0 saturated heterocycles. The summed E-state index contributed by atoms with van der Waals surface area (Å²) in [5.74, 6) is -1.22. The second kappa shape index (κ2) is 6.41. The Labute approximate surface area is 158 Å². The first-order valence-corrected chi connectivity index (χ1v) is 8.76. The Balaban J connectivity index is 2.03. The molecular formula is C18H10F3N3O3S. The Bertz CT molecular complexity index is 1260. The molecule has 2 aromatic carbocycles.